The summed E-state index contributed by atoms with van der Waals surface area (Å²) in [6.07, 6.45) is 2.41. The summed E-state index contributed by atoms with van der Waals surface area (Å²) >= 11 is 0. The SMILES string of the molecule is CC(C)N(CC1CCCNC1)C(=O)Nc1ccccc1. The molecule has 4 heteroatoms. The Bertz CT molecular complexity index is 413. The summed E-state index contributed by atoms with van der Waals surface area (Å²) in [7, 11) is 0. The van der Waals surface area contributed by atoms with Gasteiger partial charge in [-0.3, -0.25) is 0 Å². The van der Waals surface area contributed by atoms with E-state index in [1.165, 1.54) is 12.8 Å². The third-order valence-electron chi connectivity index (χ3n) is 3.76. The molecular weight excluding hydrogens is 250 g/mol. The zero-order valence-corrected chi connectivity index (χ0v) is 12.4. The Hall–Kier alpha value is -1.55. The van der Waals surface area contributed by atoms with E-state index in [2.05, 4.69) is 24.5 Å². The maximum Gasteiger partial charge on any atom is 0.322 e. The molecule has 0 aliphatic carbocycles. The van der Waals surface area contributed by atoms with Crippen LogP contribution in [0.15, 0.2) is 30.3 Å². The molecule has 0 spiro atoms. The number of nitrogens with one attached hydrogen (secondary N) is 2. The average molecular weight is 275 g/mol. The Kier molecular flexibility index (Phi) is 5.41. The van der Waals surface area contributed by atoms with Crippen molar-refractivity contribution in [2.75, 3.05) is 25.0 Å². The van der Waals surface area contributed by atoms with Crippen molar-refractivity contribution in [3.63, 3.8) is 0 Å². The van der Waals surface area contributed by atoms with Gasteiger partial charge in [0.25, 0.3) is 0 Å². The van der Waals surface area contributed by atoms with Crippen LogP contribution >= 0.6 is 0 Å². The van der Waals surface area contributed by atoms with E-state index in [-0.39, 0.29) is 12.1 Å². The molecule has 1 fully saturated rings. The van der Waals surface area contributed by atoms with Crippen molar-refractivity contribution in [2.24, 2.45) is 5.92 Å². The van der Waals surface area contributed by atoms with Gasteiger partial charge in [0.15, 0.2) is 0 Å². The van der Waals surface area contributed by atoms with Crippen molar-refractivity contribution in [3.05, 3.63) is 30.3 Å². The number of anilines is 1. The first kappa shape index (κ1) is 14.9. The molecule has 2 rings (SSSR count). The Morgan fingerprint density at radius 3 is 2.75 bits per heavy atom. The molecule has 1 saturated heterocycles. The minimum atomic E-state index is -0.00299. The number of urea groups is 1. The summed E-state index contributed by atoms with van der Waals surface area (Å²) in [4.78, 5) is 14.4. The van der Waals surface area contributed by atoms with E-state index in [1.807, 2.05) is 35.2 Å². The number of para-hydroxylation sites is 1. The van der Waals surface area contributed by atoms with E-state index in [0.29, 0.717) is 5.92 Å². The molecule has 1 heterocycles. The second-order valence-electron chi connectivity index (χ2n) is 5.75. The highest BCUT2D eigenvalue weighted by molar-refractivity contribution is 5.89. The molecule has 2 N–H and O–H groups in total. The number of benzene rings is 1. The van der Waals surface area contributed by atoms with Gasteiger partial charge >= 0.3 is 6.03 Å². The van der Waals surface area contributed by atoms with Crippen LogP contribution in [0.4, 0.5) is 10.5 Å². The number of carbonyl (C=O) groups excluding carboxylic acids is 1. The predicted octanol–water partition coefficient (Wildman–Crippen LogP) is 2.93. The third kappa shape index (κ3) is 4.23. The van der Waals surface area contributed by atoms with Gasteiger partial charge in [0.05, 0.1) is 0 Å². The van der Waals surface area contributed by atoms with Crippen molar-refractivity contribution in [2.45, 2.75) is 32.7 Å². The molecule has 2 amide bonds. The highest BCUT2D eigenvalue weighted by Gasteiger charge is 2.22. The Morgan fingerprint density at radius 2 is 2.15 bits per heavy atom. The van der Waals surface area contributed by atoms with Crippen molar-refractivity contribution in [1.29, 1.82) is 0 Å². The molecule has 0 aromatic heterocycles. The Labute approximate surface area is 121 Å². The van der Waals surface area contributed by atoms with Gasteiger partial charge in [0.2, 0.25) is 0 Å². The number of carbonyl (C=O) groups is 1. The first-order valence-corrected chi connectivity index (χ1v) is 7.50. The molecule has 0 radical (unpaired) electrons. The fraction of sp³-hybridized carbons (Fsp3) is 0.562. The highest BCUT2D eigenvalue weighted by Crippen LogP contribution is 2.15. The van der Waals surface area contributed by atoms with Crippen LogP contribution in [0.2, 0.25) is 0 Å². The van der Waals surface area contributed by atoms with Crippen LogP contribution in [0.3, 0.4) is 0 Å². The van der Waals surface area contributed by atoms with E-state index in [4.69, 9.17) is 0 Å². The van der Waals surface area contributed by atoms with E-state index >= 15 is 0 Å². The van der Waals surface area contributed by atoms with Gasteiger partial charge in [-0.25, -0.2) is 4.79 Å². The monoisotopic (exact) mass is 275 g/mol. The zero-order valence-electron chi connectivity index (χ0n) is 12.4. The van der Waals surface area contributed by atoms with Crippen LogP contribution in [0.5, 0.6) is 0 Å². The maximum atomic E-state index is 12.4. The van der Waals surface area contributed by atoms with Crippen molar-refractivity contribution in [3.8, 4) is 0 Å². The molecule has 4 nitrogen and oxygen atoms in total. The van der Waals surface area contributed by atoms with Gasteiger partial charge in [0.1, 0.15) is 0 Å². The number of hydrogen-bond acceptors (Lipinski definition) is 2. The van der Waals surface area contributed by atoms with Gasteiger partial charge < -0.3 is 15.5 Å². The van der Waals surface area contributed by atoms with E-state index in [1.54, 1.807) is 0 Å². The summed E-state index contributed by atoms with van der Waals surface area (Å²) < 4.78 is 0. The van der Waals surface area contributed by atoms with Crippen molar-refractivity contribution < 1.29 is 4.79 Å². The first-order valence-electron chi connectivity index (χ1n) is 7.50. The summed E-state index contributed by atoms with van der Waals surface area (Å²) in [5, 5.41) is 6.39. The van der Waals surface area contributed by atoms with E-state index in [0.717, 1.165) is 25.3 Å². The average Bonchev–Trinajstić information content (AvgIpc) is 2.46. The van der Waals surface area contributed by atoms with Crippen LogP contribution < -0.4 is 10.6 Å². The standard InChI is InChI=1S/C16H25N3O/c1-13(2)19(12-14-7-6-10-17-11-14)16(20)18-15-8-4-3-5-9-15/h3-5,8-9,13-14,17H,6-7,10-12H2,1-2H3,(H,18,20). The minimum Gasteiger partial charge on any atom is -0.322 e. The minimum absolute atomic E-state index is 0.00299. The maximum absolute atomic E-state index is 12.4. The molecule has 1 aromatic rings. The van der Waals surface area contributed by atoms with Crippen molar-refractivity contribution >= 4 is 11.7 Å². The molecule has 1 aliphatic heterocycles. The number of hydrogen-bond donors (Lipinski definition) is 2. The van der Waals surface area contributed by atoms with Gasteiger partial charge in [-0.05, 0) is 57.8 Å². The number of nitrogens with zero attached hydrogens (tertiary/aromatic N) is 1. The van der Waals surface area contributed by atoms with Gasteiger partial charge in [-0.15, -0.1) is 0 Å². The normalized spacial score (nSPS) is 18.9. The molecule has 110 valence electrons. The van der Waals surface area contributed by atoms with Crippen LogP contribution in [-0.2, 0) is 0 Å². The first-order chi connectivity index (χ1) is 9.66. The molecule has 1 unspecified atom stereocenters. The molecule has 1 atom stereocenters. The van der Waals surface area contributed by atoms with Crippen LogP contribution in [0.1, 0.15) is 26.7 Å². The quantitative estimate of drug-likeness (QED) is 0.887. The summed E-state index contributed by atoms with van der Waals surface area (Å²) in [6.45, 7) is 7.08. The lowest BCUT2D eigenvalue weighted by Gasteiger charge is -2.32. The highest BCUT2D eigenvalue weighted by atomic mass is 16.2. The zero-order chi connectivity index (χ0) is 14.4. The Balaban J connectivity index is 1.95. The summed E-state index contributed by atoms with van der Waals surface area (Å²) in [5.74, 6) is 0.563. The molecular formula is C16H25N3O. The van der Waals surface area contributed by atoms with Crippen LogP contribution in [0, 0.1) is 5.92 Å². The van der Waals surface area contributed by atoms with Crippen molar-refractivity contribution in [1.82, 2.24) is 10.2 Å². The van der Waals surface area contributed by atoms with Crippen LogP contribution in [0.25, 0.3) is 0 Å². The third-order valence-corrected chi connectivity index (χ3v) is 3.76. The van der Waals surface area contributed by atoms with Gasteiger partial charge in [-0.1, -0.05) is 18.2 Å². The molecule has 1 aromatic carbocycles. The fourth-order valence-corrected chi connectivity index (χ4v) is 2.60. The Morgan fingerprint density at radius 1 is 1.40 bits per heavy atom. The second-order valence-corrected chi connectivity index (χ2v) is 5.75. The largest absolute Gasteiger partial charge is 0.322 e. The smallest absolute Gasteiger partial charge is 0.322 e. The van der Waals surface area contributed by atoms with E-state index in [9.17, 15) is 4.79 Å². The van der Waals surface area contributed by atoms with Gasteiger partial charge in [-0.2, -0.15) is 0 Å². The lowest BCUT2D eigenvalue weighted by atomic mass is 9.99. The number of amides is 2. The van der Waals surface area contributed by atoms with E-state index < -0.39 is 0 Å². The summed E-state index contributed by atoms with van der Waals surface area (Å²) in [5.41, 5.74) is 0.852. The molecule has 20 heavy (non-hydrogen) atoms. The molecule has 0 saturated carbocycles. The molecule has 0 bridgehead atoms. The van der Waals surface area contributed by atoms with Gasteiger partial charge in [0, 0.05) is 18.3 Å². The lowest BCUT2D eigenvalue weighted by molar-refractivity contribution is 0.176. The second kappa shape index (κ2) is 7.29. The van der Waals surface area contributed by atoms with Crippen LogP contribution in [-0.4, -0.2) is 36.6 Å². The number of rotatable bonds is 4. The molecule has 1 aliphatic rings. The topological polar surface area (TPSA) is 44.4 Å². The number of piperidine rings is 1. The fourth-order valence-electron chi connectivity index (χ4n) is 2.60. The predicted molar refractivity (Wildman–Crippen MR) is 82.9 cm³/mol. The lowest BCUT2D eigenvalue weighted by Crippen LogP contribution is -2.46. The summed E-state index contributed by atoms with van der Waals surface area (Å²) in [6, 6.07) is 9.85.